The van der Waals surface area contributed by atoms with Crippen LogP contribution in [0.4, 0.5) is 0 Å². The van der Waals surface area contributed by atoms with Crippen molar-refractivity contribution in [1.82, 2.24) is 10.3 Å². The number of ether oxygens (including phenoxy) is 1. The molecule has 2 rings (SSSR count). The van der Waals surface area contributed by atoms with E-state index >= 15 is 0 Å². The number of aromatic nitrogens is 1. The maximum absolute atomic E-state index is 11.4. The van der Waals surface area contributed by atoms with Crippen molar-refractivity contribution < 1.29 is 13.9 Å². The Morgan fingerprint density at radius 3 is 2.89 bits per heavy atom. The molecule has 19 heavy (non-hydrogen) atoms. The fraction of sp³-hybridized carbons (Fsp3) is 0.286. The van der Waals surface area contributed by atoms with Gasteiger partial charge in [-0.2, -0.15) is 0 Å². The van der Waals surface area contributed by atoms with Crippen LogP contribution in [-0.4, -0.2) is 18.1 Å². The monoisotopic (exact) mass is 260 g/mol. The zero-order chi connectivity index (χ0) is 13.7. The van der Waals surface area contributed by atoms with Crippen LogP contribution in [0.25, 0.3) is 0 Å². The van der Waals surface area contributed by atoms with Gasteiger partial charge in [0.25, 0.3) is 0 Å². The number of methoxy groups -OCH3 is 1. The normalized spacial score (nSPS) is 10.4. The third kappa shape index (κ3) is 3.42. The number of esters is 1. The van der Waals surface area contributed by atoms with E-state index < -0.39 is 5.97 Å². The number of hydrogen-bond acceptors (Lipinski definition) is 5. The number of nitrogens with one attached hydrogen (secondary N) is 1. The lowest BCUT2D eigenvalue weighted by molar-refractivity contribution is 0.0563. The van der Waals surface area contributed by atoms with E-state index in [1.807, 2.05) is 25.3 Å². The Kier molecular flexibility index (Phi) is 4.30. The molecule has 0 aliphatic rings. The quantitative estimate of drug-likeness (QED) is 0.834. The summed E-state index contributed by atoms with van der Waals surface area (Å²) in [5, 5.41) is 3.24. The van der Waals surface area contributed by atoms with Crippen LogP contribution >= 0.6 is 0 Å². The minimum absolute atomic E-state index is 0.247. The van der Waals surface area contributed by atoms with Gasteiger partial charge in [0.2, 0.25) is 5.76 Å². The third-order valence-electron chi connectivity index (χ3n) is 2.73. The summed E-state index contributed by atoms with van der Waals surface area (Å²) in [4.78, 5) is 15.6. The topological polar surface area (TPSA) is 64.4 Å². The summed E-state index contributed by atoms with van der Waals surface area (Å²) in [6.07, 6.45) is 3.32. The molecular weight excluding hydrogens is 244 g/mol. The van der Waals surface area contributed by atoms with Gasteiger partial charge in [-0.15, -0.1) is 0 Å². The van der Waals surface area contributed by atoms with Crippen molar-refractivity contribution in [2.24, 2.45) is 0 Å². The van der Waals surface area contributed by atoms with Crippen molar-refractivity contribution in [2.75, 3.05) is 7.11 Å². The first-order valence-electron chi connectivity index (χ1n) is 5.97. The van der Waals surface area contributed by atoms with Gasteiger partial charge in [-0.3, -0.25) is 4.98 Å². The van der Waals surface area contributed by atoms with Gasteiger partial charge in [0, 0.05) is 30.5 Å². The van der Waals surface area contributed by atoms with E-state index in [9.17, 15) is 4.79 Å². The number of carbonyl (C=O) groups excluding carboxylic acids is 1. The highest BCUT2D eigenvalue weighted by molar-refractivity contribution is 5.87. The molecule has 0 radical (unpaired) electrons. The minimum Gasteiger partial charge on any atom is -0.463 e. The van der Waals surface area contributed by atoms with Crippen LogP contribution in [0.5, 0.6) is 0 Å². The van der Waals surface area contributed by atoms with Crippen LogP contribution in [0.1, 0.15) is 27.4 Å². The second kappa shape index (κ2) is 6.15. The molecule has 5 nitrogen and oxygen atoms in total. The van der Waals surface area contributed by atoms with Crippen molar-refractivity contribution in [1.29, 1.82) is 0 Å². The van der Waals surface area contributed by atoms with E-state index in [4.69, 9.17) is 4.42 Å². The molecule has 0 bridgehead atoms. The summed E-state index contributed by atoms with van der Waals surface area (Å²) >= 11 is 0. The van der Waals surface area contributed by atoms with E-state index in [0.717, 1.165) is 16.8 Å². The first kappa shape index (κ1) is 13.3. The summed E-state index contributed by atoms with van der Waals surface area (Å²) in [7, 11) is 1.33. The second-order valence-electron chi connectivity index (χ2n) is 4.18. The van der Waals surface area contributed by atoms with Crippen LogP contribution in [0.2, 0.25) is 0 Å². The number of nitrogens with zero attached hydrogens (tertiary/aromatic N) is 1. The van der Waals surface area contributed by atoms with E-state index in [-0.39, 0.29) is 5.76 Å². The molecular formula is C14H16N2O3. The second-order valence-corrected chi connectivity index (χ2v) is 4.18. The molecule has 0 saturated heterocycles. The van der Waals surface area contributed by atoms with Crippen molar-refractivity contribution in [2.45, 2.75) is 20.0 Å². The van der Waals surface area contributed by atoms with Crippen LogP contribution in [0.15, 0.2) is 35.1 Å². The lowest BCUT2D eigenvalue weighted by Gasteiger charge is -2.05. The van der Waals surface area contributed by atoms with Crippen molar-refractivity contribution in [3.05, 3.63) is 53.2 Å². The average Bonchev–Trinajstić information content (AvgIpc) is 2.88. The molecule has 0 spiro atoms. The number of aryl methyl sites for hydroxylation is 1. The predicted molar refractivity (Wildman–Crippen MR) is 69.6 cm³/mol. The largest absolute Gasteiger partial charge is 0.463 e. The molecule has 0 amide bonds. The summed E-state index contributed by atoms with van der Waals surface area (Å²) < 4.78 is 9.75. The lowest BCUT2D eigenvalue weighted by atomic mass is 10.2. The highest BCUT2D eigenvalue weighted by atomic mass is 16.5. The van der Waals surface area contributed by atoms with Gasteiger partial charge < -0.3 is 14.5 Å². The van der Waals surface area contributed by atoms with Crippen LogP contribution in [0, 0.1) is 6.92 Å². The lowest BCUT2D eigenvalue weighted by Crippen LogP contribution is -2.15. The number of furan rings is 1. The summed E-state index contributed by atoms with van der Waals surface area (Å²) in [5.41, 5.74) is 2.87. The van der Waals surface area contributed by atoms with Crippen molar-refractivity contribution >= 4 is 5.97 Å². The standard InChI is InChI=1S/C14H16N2O3/c1-10-3-4-11(8-16-10)7-15-9-12-5-6-19-13(12)14(17)18-2/h3-6,8,15H,7,9H2,1-2H3. The van der Waals surface area contributed by atoms with E-state index in [1.54, 1.807) is 6.07 Å². The Morgan fingerprint density at radius 2 is 2.21 bits per heavy atom. The zero-order valence-electron chi connectivity index (χ0n) is 11.0. The number of pyridine rings is 1. The van der Waals surface area contributed by atoms with Gasteiger partial charge in [-0.1, -0.05) is 6.07 Å². The Bertz CT molecular complexity index is 546. The average molecular weight is 260 g/mol. The molecule has 100 valence electrons. The molecule has 0 fully saturated rings. The zero-order valence-corrected chi connectivity index (χ0v) is 11.0. The van der Waals surface area contributed by atoms with Crippen LogP contribution < -0.4 is 5.32 Å². The molecule has 1 N–H and O–H groups in total. The van der Waals surface area contributed by atoms with E-state index in [1.165, 1.54) is 13.4 Å². The summed E-state index contributed by atoms with van der Waals surface area (Å²) in [6.45, 7) is 3.17. The number of hydrogen-bond donors (Lipinski definition) is 1. The van der Waals surface area contributed by atoms with Gasteiger partial charge in [-0.25, -0.2) is 4.79 Å². The molecule has 0 saturated carbocycles. The Hall–Kier alpha value is -2.14. The molecule has 0 aliphatic carbocycles. The Morgan fingerprint density at radius 1 is 1.37 bits per heavy atom. The summed E-state index contributed by atoms with van der Waals surface area (Å²) in [5.74, 6) is -0.212. The Balaban J connectivity index is 1.91. The van der Waals surface area contributed by atoms with Gasteiger partial charge in [0.05, 0.1) is 13.4 Å². The smallest absolute Gasteiger partial charge is 0.374 e. The third-order valence-corrected chi connectivity index (χ3v) is 2.73. The molecule has 2 heterocycles. The first-order chi connectivity index (χ1) is 9.20. The highest BCUT2D eigenvalue weighted by Gasteiger charge is 2.14. The van der Waals surface area contributed by atoms with Crippen molar-refractivity contribution in [3.63, 3.8) is 0 Å². The number of rotatable bonds is 5. The minimum atomic E-state index is -0.459. The fourth-order valence-corrected chi connectivity index (χ4v) is 1.69. The molecule has 0 aromatic carbocycles. The molecule has 0 unspecified atom stereocenters. The first-order valence-corrected chi connectivity index (χ1v) is 5.97. The molecule has 0 atom stereocenters. The molecule has 0 aliphatic heterocycles. The maximum Gasteiger partial charge on any atom is 0.374 e. The molecule has 2 aromatic rings. The Labute approximate surface area is 111 Å². The molecule has 2 aromatic heterocycles. The summed E-state index contributed by atoms with van der Waals surface area (Å²) in [6, 6.07) is 5.74. The van der Waals surface area contributed by atoms with E-state index in [0.29, 0.717) is 13.1 Å². The van der Waals surface area contributed by atoms with Crippen LogP contribution in [0.3, 0.4) is 0 Å². The number of carbonyl (C=O) groups is 1. The SMILES string of the molecule is COC(=O)c1occc1CNCc1ccc(C)nc1. The van der Waals surface area contributed by atoms with E-state index in [2.05, 4.69) is 15.0 Å². The van der Waals surface area contributed by atoms with Gasteiger partial charge in [-0.05, 0) is 24.6 Å². The van der Waals surface area contributed by atoms with Gasteiger partial charge >= 0.3 is 5.97 Å². The van der Waals surface area contributed by atoms with Gasteiger partial charge in [0.15, 0.2) is 0 Å². The highest BCUT2D eigenvalue weighted by Crippen LogP contribution is 2.11. The van der Waals surface area contributed by atoms with Gasteiger partial charge in [0.1, 0.15) is 0 Å². The predicted octanol–water partition coefficient (Wildman–Crippen LogP) is 2.06. The molecule has 5 heteroatoms. The maximum atomic E-state index is 11.4. The van der Waals surface area contributed by atoms with Crippen molar-refractivity contribution in [3.8, 4) is 0 Å². The fourth-order valence-electron chi connectivity index (χ4n) is 1.69. The van der Waals surface area contributed by atoms with Crippen LogP contribution in [-0.2, 0) is 17.8 Å².